The molecule has 0 aromatic heterocycles. The van der Waals surface area contributed by atoms with Gasteiger partial charge in [-0.1, -0.05) is 0 Å². The second-order valence-corrected chi connectivity index (χ2v) is 2.76. The Morgan fingerprint density at radius 1 is 1.38 bits per heavy atom. The third kappa shape index (κ3) is 4.47. The molecule has 0 bridgehead atoms. The summed E-state index contributed by atoms with van der Waals surface area (Å²) in [6, 6.07) is 0. The van der Waals surface area contributed by atoms with Crippen molar-refractivity contribution in [3.63, 3.8) is 0 Å². The molecule has 1 aliphatic carbocycles. The molecule has 0 nitrogen and oxygen atoms in total. The van der Waals surface area contributed by atoms with Crippen LogP contribution in [0.3, 0.4) is 0 Å². The van der Waals surface area contributed by atoms with Gasteiger partial charge in [-0.15, -0.1) is 48.0 Å². The van der Waals surface area contributed by atoms with Gasteiger partial charge in [-0.3, -0.25) is 0 Å². The molecule has 1 aliphatic rings. The van der Waals surface area contributed by atoms with Gasteiger partial charge in [0.1, 0.15) is 0 Å². The van der Waals surface area contributed by atoms with Gasteiger partial charge in [0.25, 0.3) is 0 Å². The molecular weight excluding hydrogens is 506 g/mol. The zero-order valence-corrected chi connectivity index (χ0v) is 11.1. The zero-order chi connectivity index (χ0) is 4.41. The van der Waals surface area contributed by atoms with E-state index < -0.39 is 0 Å². The summed E-state index contributed by atoms with van der Waals surface area (Å²) in [6.45, 7) is 0. The van der Waals surface area contributed by atoms with Crippen molar-refractivity contribution in [2.24, 2.45) is 0 Å². The zero-order valence-electron chi connectivity index (χ0n) is 4.09. The summed E-state index contributed by atoms with van der Waals surface area (Å²) >= 11 is 2.14. The van der Waals surface area contributed by atoms with Crippen molar-refractivity contribution >= 4 is 48.0 Å². The Hall–Kier alpha value is 1.59. The number of hydrogen-bond donors (Lipinski definition) is 0. The SMILES string of the molecule is I.I.[Ir][C]1=CC=CC1. The summed E-state index contributed by atoms with van der Waals surface area (Å²) in [5.74, 6) is 0. The Kier molecular flexibility index (Phi) is 10.3. The molecule has 0 spiro atoms. The van der Waals surface area contributed by atoms with Gasteiger partial charge in [0.15, 0.2) is 0 Å². The number of rotatable bonds is 0. The molecule has 0 saturated carbocycles. The first kappa shape index (κ1) is 12.3. The van der Waals surface area contributed by atoms with Crippen LogP contribution < -0.4 is 0 Å². The van der Waals surface area contributed by atoms with Crippen LogP contribution in [-0.4, -0.2) is 0 Å². The van der Waals surface area contributed by atoms with E-state index in [1.165, 1.54) is 10.5 Å². The van der Waals surface area contributed by atoms with Gasteiger partial charge in [0.05, 0.1) is 0 Å². The first-order chi connectivity index (χ1) is 2.89. The fourth-order valence-electron chi connectivity index (χ4n) is 0.412. The Morgan fingerprint density at radius 2 is 2.00 bits per heavy atom. The summed E-state index contributed by atoms with van der Waals surface area (Å²) < 4.78 is 1.47. The Labute approximate surface area is 94.4 Å². The van der Waals surface area contributed by atoms with Crippen molar-refractivity contribution in [3.05, 3.63) is 22.3 Å². The number of hydrogen-bond acceptors (Lipinski definition) is 0. The first-order valence-electron chi connectivity index (χ1n) is 1.88. The third-order valence-electron chi connectivity index (χ3n) is 0.709. The van der Waals surface area contributed by atoms with E-state index in [-0.39, 0.29) is 48.0 Å². The quantitative estimate of drug-likeness (QED) is 0.438. The Morgan fingerprint density at radius 3 is 2.12 bits per heavy atom. The molecule has 50 valence electrons. The van der Waals surface area contributed by atoms with Crippen LogP contribution >= 0.6 is 48.0 Å². The van der Waals surface area contributed by atoms with E-state index in [9.17, 15) is 0 Å². The van der Waals surface area contributed by atoms with Gasteiger partial charge < -0.3 is 0 Å². The average Bonchev–Trinajstić information content (AvgIpc) is 1.86. The molecule has 8 heavy (non-hydrogen) atoms. The molecule has 0 heterocycles. The predicted molar refractivity (Wildman–Crippen MR) is 52.7 cm³/mol. The van der Waals surface area contributed by atoms with Crippen LogP contribution in [0.15, 0.2) is 22.3 Å². The molecule has 0 aliphatic heterocycles. The van der Waals surface area contributed by atoms with Crippen LogP contribution in [0.5, 0.6) is 0 Å². The van der Waals surface area contributed by atoms with E-state index >= 15 is 0 Å². The molecule has 0 saturated heterocycles. The molecule has 0 radical (unpaired) electrons. The van der Waals surface area contributed by atoms with Crippen LogP contribution in [0.4, 0.5) is 0 Å². The molecule has 3 heteroatoms. The van der Waals surface area contributed by atoms with Gasteiger partial charge >= 0.3 is 47.6 Å². The van der Waals surface area contributed by atoms with E-state index in [0.717, 1.165) is 0 Å². The standard InChI is InChI=1S/C5H5.2HI.Ir/c1-2-4-5-3-1;;;/h1-3H,4H2;2*1H;. The van der Waals surface area contributed by atoms with Crippen molar-refractivity contribution in [3.8, 4) is 0 Å². The second kappa shape index (κ2) is 6.71. The second-order valence-electron chi connectivity index (χ2n) is 1.22. The Bertz CT molecular complexity index is 107. The maximum atomic E-state index is 2.16. The molecule has 0 N–H and O–H groups in total. The van der Waals surface area contributed by atoms with Crippen molar-refractivity contribution in [1.29, 1.82) is 0 Å². The molecule has 0 fully saturated rings. The van der Waals surface area contributed by atoms with Crippen molar-refractivity contribution in [2.45, 2.75) is 6.42 Å². The van der Waals surface area contributed by atoms with E-state index in [1.807, 2.05) is 0 Å². The molecule has 1 rings (SSSR count). The molecule has 0 aromatic rings. The number of allylic oxidation sites excluding steroid dienone is 4. The molecule has 0 atom stereocenters. The van der Waals surface area contributed by atoms with E-state index in [4.69, 9.17) is 0 Å². The normalized spacial score (nSPS) is 14.0. The Balaban J connectivity index is 0. The monoisotopic (exact) mass is 514 g/mol. The molecule has 0 amide bonds. The third-order valence-corrected chi connectivity index (χ3v) is 1.60. The van der Waals surface area contributed by atoms with Crippen LogP contribution in [-0.2, 0) is 18.9 Å². The number of halogens is 2. The van der Waals surface area contributed by atoms with Crippen LogP contribution in [0.25, 0.3) is 0 Å². The van der Waals surface area contributed by atoms with Crippen molar-refractivity contribution in [2.75, 3.05) is 0 Å². The van der Waals surface area contributed by atoms with Gasteiger partial charge in [-0.25, -0.2) is 0 Å². The summed E-state index contributed by atoms with van der Waals surface area (Å²) in [7, 11) is 0. The predicted octanol–water partition coefficient (Wildman–Crippen LogP) is 2.61. The molecule has 0 aromatic carbocycles. The van der Waals surface area contributed by atoms with Crippen LogP contribution in [0.2, 0.25) is 0 Å². The van der Waals surface area contributed by atoms with Crippen molar-refractivity contribution in [1.82, 2.24) is 0 Å². The molecular formula is C5H7I2Ir. The summed E-state index contributed by atoms with van der Waals surface area (Å²) in [5, 5.41) is 0. The minimum absolute atomic E-state index is 0. The van der Waals surface area contributed by atoms with E-state index in [2.05, 4.69) is 37.1 Å². The van der Waals surface area contributed by atoms with Crippen LogP contribution in [0.1, 0.15) is 6.42 Å². The average molecular weight is 513 g/mol. The fourth-order valence-corrected chi connectivity index (χ4v) is 0.924. The summed E-state index contributed by atoms with van der Waals surface area (Å²) in [6.07, 6.45) is 7.56. The molecule has 0 unspecified atom stereocenters. The fraction of sp³-hybridized carbons (Fsp3) is 0.200. The minimum atomic E-state index is 0. The topological polar surface area (TPSA) is 0 Å². The van der Waals surface area contributed by atoms with Crippen LogP contribution in [0, 0.1) is 0 Å². The van der Waals surface area contributed by atoms with E-state index in [1.54, 1.807) is 0 Å². The summed E-state index contributed by atoms with van der Waals surface area (Å²) in [4.78, 5) is 0. The van der Waals surface area contributed by atoms with E-state index in [0.29, 0.717) is 0 Å². The van der Waals surface area contributed by atoms with Crippen molar-refractivity contribution < 1.29 is 18.9 Å². The first-order valence-corrected chi connectivity index (χ1v) is 3.08. The maximum absolute atomic E-state index is 2.16. The summed E-state index contributed by atoms with van der Waals surface area (Å²) in [5.41, 5.74) is 0. The van der Waals surface area contributed by atoms with Gasteiger partial charge in [0.2, 0.25) is 0 Å². The van der Waals surface area contributed by atoms with Gasteiger partial charge in [0, 0.05) is 0 Å². The van der Waals surface area contributed by atoms with Gasteiger partial charge in [-0.2, -0.15) is 0 Å². The van der Waals surface area contributed by atoms with Gasteiger partial charge in [-0.05, 0) is 0 Å².